The van der Waals surface area contributed by atoms with Crippen LogP contribution >= 0.6 is 0 Å². The highest BCUT2D eigenvalue weighted by Gasteiger charge is 2.20. The van der Waals surface area contributed by atoms with Gasteiger partial charge in [0, 0.05) is 26.2 Å². The minimum Gasteiger partial charge on any atom is -0.314 e. The Bertz CT molecular complexity index is 353. The maximum Gasteiger partial charge on any atom is 0.0859 e. The summed E-state index contributed by atoms with van der Waals surface area (Å²) in [5.41, 5.74) is 2.78. The van der Waals surface area contributed by atoms with E-state index < -0.39 is 0 Å². The predicted molar refractivity (Wildman–Crippen MR) is 76.8 cm³/mol. The van der Waals surface area contributed by atoms with E-state index in [2.05, 4.69) is 53.6 Å². The lowest BCUT2D eigenvalue weighted by molar-refractivity contribution is 0.153. The van der Waals surface area contributed by atoms with Crippen molar-refractivity contribution in [3.05, 3.63) is 35.4 Å². The van der Waals surface area contributed by atoms with Crippen molar-refractivity contribution in [3.63, 3.8) is 0 Å². The molecule has 1 aliphatic rings. The molecule has 0 saturated carbocycles. The molecule has 1 saturated heterocycles. The molecular weight excluding hydrogens is 222 g/mol. The van der Waals surface area contributed by atoms with Gasteiger partial charge >= 0.3 is 0 Å². The van der Waals surface area contributed by atoms with Gasteiger partial charge in [-0.05, 0) is 24.1 Å². The van der Waals surface area contributed by atoms with Gasteiger partial charge in [0.1, 0.15) is 0 Å². The molecule has 18 heavy (non-hydrogen) atoms. The second-order valence-corrected chi connectivity index (χ2v) is 5.30. The molecular formula is C15H25N3. The topological polar surface area (TPSA) is 27.3 Å². The first-order valence-corrected chi connectivity index (χ1v) is 6.94. The third-order valence-corrected chi connectivity index (χ3v) is 3.71. The lowest BCUT2D eigenvalue weighted by atomic mass is 10.0. The van der Waals surface area contributed by atoms with Crippen LogP contribution in [0.25, 0.3) is 0 Å². The Balaban J connectivity index is 2.11. The molecule has 1 fully saturated rings. The van der Waals surface area contributed by atoms with Crippen molar-refractivity contribution in [1.82, 2.24) is 15.5 Å². The molecule has 1 aromatic carbocycles. The second-order valence-electron chi connectivity index (χ2n) is 5.30. The summed E-state index contributed by atoms with van der Waals surface area (Å²) in [7, 11) is 2.04. The number of nitrogens with zero attached hydrogens (tertiary/aromatic N) is 1. The van der Waals surface area contributed by atoms with Crippen molar-refractivity contribution < 1.29 is 0 Å². The van der Waals surface area contributed by atoms with Crippen LogP contribution in [0, 0.1) is 0 Å². The standard InChI is InChI=1S/C15H25N3/c1-12(2)13-4-6-14(7-5-13)15(16-3)18-10-8-17-9-11-18/h4-7,12,15-17H,8-11H2,1-3H3. The van der Waals surface area contributed by atoms with Gasteiger partial charge in [-0.15, -0.1) is 0 Å². The van der Waals surface area contributed by atoms with Crippen LogP contribution in [-0.2, 0) is 0 Å². The van der Waals surface area contributed by atoms with Crippen LogP contribution < -0.4 is 10.6 Å². The zero-order valence-corrected chi connectivity index (χ0v) is 11.7. The van der Waals surface area contributed by atoms with E-state index in [4.69, 9.17) is 0 Å². The molecule has 3 nitrogen and oxygen atoms in total. The highest BCUT2D eigenvalue weighted by molar-refractivity contribution is 5.26. The fourth-order valence-corrected chi connectivity index (χ4v) is 2.56. The van der Waals surface area contributed by atoms with Gasteiger partial charge in [0.2, 0.25) is 0 Å². The fourth-order valence-electron chi connectivity index (χ4n) is 2.56. The zero-order valence-electron chi connectivity index (χ0n) is 11.7. The van der Waals surface area contributed by atoms with Gasteiger partial charge in [-0.1, -0.05) is 38.1 Å². The number of hydrogen-bond donors (Lipinski definition) is 2. The van der Waals surface area contributed by atoms with E-state index in [-0.39, 0.29) is 0 Å². The maximum absolute atomic E-state index is 3.43. The van der Waals surface area contributed by atoms with Gasteiger partial charge in [0.05, 0.1) is 6.17 Å². The Kier molecular flexibility index (Phi) is 4.75. The maximum atomic E-state index is 3.43. The summed E-state index contributed by atoms with van der Waals surface area (Å²) in [5, 5.41) is 6.83. The van der Waals surface area contributed by atoms with Crippen LogP contribution in [0.15, 0.2) is 24.3 Å². The van der Waals surface area contributed by atoms with Crippen LogP contribution in [0.3, 0.4) is 0 Å². The van der Waals surface area contributed by atoms with Crippen LogP contribution in [0.1, 0.15) is 37.1 Å². The Labute approximate surface area is 111 Å². The minimum absolute atomic E-state index is 0.341. The minimum atomic E-state index is 0.341. The van der Waals surface area contributed by atoms with Crippen molar-refractivity contribution in [1.29, 1.82) is 0 Å². The molecule has 0 spiro atoms. The first-order valence-electron chi connectivity index (χ1n) is 6.94. The normalized spacial score (nSPS) is 19.1. The molecule has 0 bridgehead atoms. The smallest absolute Gasteiger partial charge is 0.0859 e. The van der Waals surface area contributed by atoms with E-state index in [1.807, 2.05) is 7.05 Å². The molecule has 1 aromatic rings. The number of hydrogen-bond acceptors (Lipinski definition) is 3. The quantitative estimate of drug-likeness (QED) is 0.851. The van der Waals surface area contributed by atoms with Gasteiger partial charge in [0.15, 0.2) is 0 Å². The van der Waals surface area contributed by atoms with E-state index in [0.29, 0.717) is 12.1 Å². The van der Waals surface area contributed by atoms with Crippen molar-refractivity contribution >= 4 is 0 Å². The molecule has 0 radical (unpaired) electrons. The Morgan fingerprint density at radius 1 is 1.06 bits per heavy atom. The zero-order chi connectivity index (χ0) is 13.0. The van der Waals surface area contributed by atoms with E-state index >= 15 is 0 Å². The Hall–Kier alpha value is -0.900. The van der Waals surface area contributed by atoms with E-state index in [9.17, 15) is 0 Å². The summed E-state index contributed by atoms with van der Waals surface area (Å²) >= 11 is 0. The van der Waals surface area contributed by atoms with E-state index in [1.165, 1.54) is 11.1 Å². The molecule has 0 aliphatic carbocycles. The van der Waals surface area contributed by atoms with E-state index in [0.717, 1.165) is 26.2 Å². The lowest BCUT2D eigenvalue weighted by Crippen LogP contribution is -2.48. The highest BCUT2D eigenvalue weighted by atomic mass is 15.3. The Morgan fingerprint density at radius 3 is 2.11 bits per heavy atom. The van der Waals surface area contributed by atoms with Crippen molar-refractivity contribution in [3.8, 4) is 0 Å². The Morgan fingerprint density at radius 2 is 1.61 bits per heavy atom. The molecule has 100 valence electrons. The average Bonchev–Trinajstić information content (AvgIpc) is 2.41. The molecule has 0 amide bonds. The summed E-state index contributed by atoms with van der Waals surface area (Å²) in [6.45, 7) is 8.86. The summed E-state index contributed by atoms with van der Waals surface area (Å²) < 4.78 is 0. The molecule has 1 unspecified atom stereocenters. The monoisotopic (exact) mass is 247 g/mol. The SMILES string of the molecule is CNC(c1ccc(C(C)C)cc1)N1CCNCC1. The number of benzene rings is 1. The second kappa shape index (κ2) is 6.32. The summed E-state index contributed by atoms with van der Waals surface area (Å²) in [6.07, 6.45) is 0.341. The van der Waals surface area contributed by atoms with E-state index in [1.54, 1.807) is 0 Å². The van der Waals surface area contributed by atoms with Crippen LogP contribution in [0.4, 0.5) is 0 Å². The summed E-state index contributed by atoms with van der Waals surface area (Å²) in [5.74, 6) is 0.603. The average molecular weight is 247 g/mol. The van der Waals surface area contributed by atoms with Crippen molar-refractivity contribution in [2.45, 2.75) is 25.9 Å². The van der Waals surface area contributed by atoms with Crippen LogP contribution in [-0.4, -0.2) is 38.1 Å². The number of piperazine rings is 1. The molecule has 1 atom stereocenters. The molecule has 2 N–H and O–H groups in total. The first kappa shape index (κ1) is 13.5. The largest absolute Gasteiger partial charge is 0.314 e. The van der Waals surface area contributed by atoms with Crippen molar-refractivity contribution in [2.75, 3.05) is 33.2 Å². The van der Waals surface area contributed by atoms with Gasteiger partial charge in [-0.2, -0.15) is 0 Å². The van der Waals surface area contributed by atoms with Gasteiger partial charge in [-0.3, -0.25) is 4.90 Å². The van der Waals surface area contributed by atoms with Gasteiger partial charge in [-0.25, -0.2) is 0 Å². The third-order valence-electron chi connectivity index (χ3n) is 3.71. The van der Waals surface area contributed by atoms with Crippen LogP contribution in [0.2, 0.25) is 0 Å². The summed E-state index contributed by atoms with van der Waals surface area (Å²) in [6, 6.07) is 9.04. The highest BCUT2D eigenvalue weighted by Crippen LogP contribution is 2.21. The summed E-state index contributed by atoms with van der Waals surface area (Å²) in [4.78, 5) is 2.50. The molecule has 2 rings (SSSR count). The number of rotatable bonds is 4. The predicted octanol–water partition coefficient (Wildman–Crippen LogP) is 1.93. The molecule has 1 heterocycles. The van der Waals surface area contributed by atoms with Crippen molar-refractivity contribution in [2.24, 2.45) is 0 Å². The third kappa shape index (κ3) is 3.10. The first-order chi connectivity index (χ1) is 8.72. The number of nitrogens with one attached hydrogen (secondary N) is 2. The fraction of sp³-hybridized carbons (Fsp3) is 0.600. The van der Waals surface area contributed by atoms with Gasteiger partial charge in [0.25, 0.3) is 0 Å². The van der Waals surface area contributed by atoms with Gasteiger partial charge < -0.3 is 10.6 Å². The molecule has 3 heteroatoms. The van der Waals surface area contributed by atoms with Crippen LogP contribution in [0.5, 0.6) is 0 Å². The molecule has 0 aromatic heterocycles. The lowest BCUT2D eigenvalue weighted by Gasteiger charge is -2.35. The molecule has 1 aliphatic heterocycles.